The Morgan fingerprint density at radius 3 is 2.67 bits per heavy atom. The molecule has 0 amide bonds. The molecule has 0 radical (unpaired) electrons. The molecule has 1 saturated heterocycles. The van der Waals surface area contributed by atoms with E-state index in [1.165, 1.54) is 5.39 Å². The van der Waals surface area contributed by atoms with Gasteiger partial charge in [0.1, 0.15) is 0 Å². The number of carbonyl (C=O) groups excluding carboxylic acids is 1. The van der Waals surface area contributed by atoms with Crippen molar-refractivity contribution in [2.24, 2.45) is 0 Å². The van der Waals surface area contributed by atoms with Crippen LogP contribution in [0.2, 0.25) is 0 Å². The number of fused-ring (bicyclic) bond motifs is 1. The van der Waals surface area contributed by atoms with E-state index in [0.29, 0.717) is 0 Å². The summed E-state index contributed by atoms with van der Waals surface area (Å²) < 4.78 is 0. The lowest BCUT2D eigenvalue weighted by Gasteiger charge is -2.22. The zero-order valence-electron chi connectivity index (χ0n) is 10.6. The fraction of sp³-hybridized carbons (Fsp3) is 0.312. The lowest BCUT2D eigenvalue weighted by Crippen LogP contribution is -2.44. The van der Waals surface area contributed by atoms with Crippen molar-refractivity contribution in [3.63, 3.8) is 0 Å². The van der Waals surface area contributed by atoms with Crippen molar-refractivity contribution in [2.45, 2.75) is 25.3 Å². The highest BCUT2D eigenvalue weighted by Crippen LogP contribution is 2.25. The van der Waals surface area contributed by atoms with E-state index in [0.717, 1.165) is 30.3 Å². The number of Topliss-reactive ketones (excluding diaryl/α,β-unsaturated/α-hetero) is 1. The van der Waals surface area contributed by atoms with Crippen LogP contribution in [0.3, 0.4) is 0 Å². The van der Waals surface area contributed by atoms with Crippen LogP contribution in [-0.2, 0) is 0 Å². The van der Waals surface area contributed by atoms with Crippen LogP contribution in [0.5, 0.6) is 0 Å². The molecule has 92 valence electrons. The minimum atomic E-state index is -0.373. The Bertz CT molecular complexity index is 597. The van der Waals surface area contributed by atoms with Crippen LogP contribution in [0, 0.1) is 0 Å². The summed E-state index contributed by atoms with van der Waals surface area (Å²) in [6.07, 6.45) is 2.01. The molecule has 1 heterocycles. The first-order valence-electron chi connectivity index (χ1n) is 6.48. The molecule has 0 bridgehead atoms. The summed E-state index contributed by atoms with van der Waals surface area (Å²) in [6.45, 7) is 2.95. The van der Waals surface area contributed by atoms with Gasteiger partial charge in [-0.25, -0.2) is 0 Å². The third-order valence-electron chi connectivity index (χ3n) is 3.88. The van der Waals surface area contributed by atoms with Gasteiger partial charge < -0.3 is 5.32 Å². The Kier molecular flexibility index (Phi) is 2.67. The highest BCUT2D eigenvalue weighted by molar-refractivity contribution is 6.05. The van der Waals surface area contributed by atoms with E-state index in [9.17, 15) is 4.79 Å². The van der Waals surface area contributed by atoms with E-state index >= 15 is 0 Å². The monoisotopic (exact) mass is 239 g/mol. The quantitative estimate of drug-likeness (QED) is 0.816. The molecular weight excluding hydrogens is 222 g/mol. The zero-order valence-corrected chi connectivity index (χ0v) is 10.6. The summed E-state index contributed by atoms with van der Waals surface area (Å²) in [5.41, 5.74) is 0.438. The Morgan fingerprint density at radius 2 is 1.94 bits per heavy atom. The molecule has 2 aromatic carbocycles. The molecule has 0 saturated carbocycles. The summed E-state index contributed by atoms with van der Waals surface area (Å²) in [7, 11) is 0. The average molecular weight is 239 g/mol. The number of ketones is 1. The second-order valence-corrected chi connectivity index (χ2v) is 5.25. The Labute approximate surface area is 107 Å². The van der Waals surface area contributed by atoms with Gasteiger partial charge in [-0.1, -0.05) is 36.4 Å². The van der Waals surface area contributed by atoms with Crippen molar-refractivity contribution in [3.05, 3.63) is 48.0 Å². The number of hydrogen-bond acceptors (Lipinski definition) is 2. The van der Waals surface area contributed by atoms with E-state index in [2.05, 4.69) is 17.4 Å². The first kappa shape index (κ1) is 11.4. The van der Waals surface area contributed by atoms with Gasteiger partial charge in [0, 0.05) is 5.56 Å². The van der Waals surface area contributed by atoms with Crippen LogP contribution in [-0.4, -0.2) is 17.9 Å². The molecule has 1 fully saturated rings. The molecular formula is C16H17NO. The second kappa shape index (κ2) is 4.21. The minimum Gasteiger partial charge on any atom is -0.305 e. The summed E-state index contributed by atoms with van der Waals surface area (Å²) in [4.78, 5) is 12.5. The highest BCUT2D eigenvalue weighted by atomic mass is 16.1. The molecule has 1 unspecified atom stereocenters. The summed E-state index contributed by atoms with van der Waals surface area (Å²) >= 11 is 0. The van der Waals surface area contributed by atoms with Gasteiger partial charge in [-0.05, 0) is 43.1 Å². The number of nitrogens with one attached hydrogen (secondary N) is 1. The summed E-state index contributed by atoms with van der Waals surface area (Å²) in [6, 6.07) is 14.1. The minimum absolute atomic E-state index is 0.214. The van der Waals surface area contributed by atoms with E-state index in [1.807, 2.05) is 37.3 Å². The summed E-state index contributed by atoms with van der Waals surface area (Å²) in [5.74, 6) is 0.214. The highest BCUT2D eigenvalue weighted by Gasteiger charge is 2.36. The first-order chi connectivity index (χ1) is 8.69. The van der Waals surface area contributed by atoms with Crippen molar-refractivity contribution in [1.82, 2.24) is 5.32 Å². The zero-order chi connectivity index (χ0) is 12.6. The van der Waals surface area contributed by atoms with Crippen LogP contribution in [0.15, 0.2) is 42.5 Å². The van der Waals surface area contributed by atoms with Crippen LogP contribution in [0.25, 0.3) is 10.8 Å². The van der Waals surface area contributed by atoms with Gasteiger partial charge in [0.05, 0.1) is 5.54 Å². The van der Waals surface area contributed by atoms with Crippen molar-refractivity contribution < 1.29 is 4.79 Å². The standard InChI is InChI=1S/C16H17NO/c1-16(9-4-10-17-16)15(18)14-8-7-12-5-2-3-6-13(12)11-14/h2-3,5-8,11,17H,4,9-10H2,1H3. The maximum atomic E-state index is 12.5. The van der Waals surface area contributed by atoms with Gasteiger partial charge in [-0.3, -0.25) is 4.79 Å². The van der Waals surface area contributed by atoms with Gasteiger partial charge in [-0.15, -0.1) is 0 Å². The van der Waals surface area contributed by atoms with Gasteiger partial charge in [0.15, 0.2) is 5.78 Å². The predicted molar refractivity (Wildman–Crippen MR) is 73.9 cm³/mol. The van der Waals surface area contributed by atoms with Crippen LogP contribution < -0.4 is 5.32 Å². The molecule has 1 N–H and O–H groups in total. The number of carbonyl (C=O) groups is 1. The molecule has 0 spiro atoms. The van der Waals surface area contributed by atoms with E-state index in [4.69, 9.17) is 0 Å². The SMILES string of the molecule is CC1(C(=O)c2ccc3ccccc3c2)CCCN1. The van der Waals surface area contributed by atoms with Crippen LogP contribution in [0.1, 0.15) is 30.1 Å². The smallest absolute Gasteiger partial charge is 0.182 e. The van der Waals surface area contributed by atoms with E-state index in [1.54, 1.807) is 0 Å². The molecule has 0 aliphatic carbocycles. The lowest BCUT2D eigenvalue weighted by molar-refractivity contribution is 0.0884. The fourth-order valence-electron chi connectivity index (χ4n) is 2.74. The van der Waals surface area contributed by atoms with Gasteiger partial charge in [0.25, 0.3) is 0 Å². The first-order valence-corrected chi connectivity index (χ1v) is 6.48. The maximum absolute atomic E-state index is 12.5. The van der Waals surface area contributed by atoms with Crippen LogP contribution in [0.4, 0.5) is 0 Å². The fourth-order valence-corrected chi connectivity index (χ4v) is 2.74. The van der Waals surface area contributed by atoms with Gasteiger partial charge in [0.2, 0.25) is 0 Å². The molecule has 2 heteroatoms. The predicted octanol–water partition coefficient (Wildman–Crippen LogP) is 3.16. The van der Waals surface area contributed by atoms with Crippen molar-refractivity contribution in [3.8, 4) is 0 Å². The molecule has 3 rings (SSSR count). The molecule has 0 aromatic heterocycles. The van der Waals surface area contributed by atoms with Crippen molar-refractivity contribution in [1.29, 1.82) is 0 Å². The number of rotatable bonds is 2. The maximum Gasteiger partial charge on any atom is 0.182 e. The third-order valence-corrected chi connectivity index (χ3v) is 3.88. The van der Waals surface area contributed by atoms with Crippen LogP contribution >= 0.6 is 0 Å². The van der Waals surface area contributed by atoms with Crippen molar-refractivity contribution in [2.75, 3.05) is 6.54 Å². The molecule has 2 nitrogen and oxygen atoms in total. The summed E-state index contributed by atoms with van der Waals surface area (Å²) in [5, 5.41) is 5.64. The number of hydrogen-bond donors (Lipinski definition) is 1. The van der Waals surface area contributed by atoms with Gasteiger partial charge in [-0.2, -0.15) is 0 Å². The molecule has 1 aliphatic heterocycles. The Balaban J connectivity index is 2.01. The Morgan fingerprint density at radius 1 is 1.17 bits per heavy atom. The van der Waals surface area contributed by atoms with E-state index in [-0.39, 0.29) is 11.3 Å². The Hall–Kier alpha value is -1.67. The third kappa shape index (κ3) is 1.83. The molecule has 1 atom stereocenters. The lowest BCUT2D eigenvalue weighted by atomic mass is 9.89. The van der Waals surface area contributed by atoms with Crippen molar-refractivity contribution >= 4 is 16.6 Å². The van der Waals surface area contributed by atoms with Gasteiger partial charge >= 0.3 is 0 Å². The average Bonchev–Trinajstić information content (AvgIpc) is 2.85. The second-order valence-electron chi connectivity index (χ2n) is 5.25. The largest absolute Gasteiger partial charge is 0.305 e. The molecule has 2 aromatic rings. The topological polar surface area (TPSA) is 29.1 Å². The molecule has 18 heavy (non-hydrogen) atoms. The van der Waals surface area contributed by atoms with E-state index < -0.39 is 0 Å². The molecule has 1 aliphatic rings. The normalized spacial score (nSPS) is 23.4. The number of benzene rings is 2.